The Labute approximate surface area is 192 Å². The van der Waals surface area contributed by atoms with Gasteiger partial charge in [-0.25, -0.2) is 9.18 Å². The largest absolute Gasteiger partial charge is 0.542 e. The van der Waals surface area contributed by atoms with Crippen LogP contribution in [0.4, 0.5) is 4.39 Å². The van der Waals surface area contributed by atoms with Crippen LogP contribution in [0.5, 0.6) is 0 Å². The van der Waals surface area contributed by atoms with Gasteiger partial charge in [0.05, 0.1) is 6.61 Å². The van der Waals surface area contributed by atoms with Gasteiger partial charge >= 0.3 is 5.69 Å². The van der Waals surface area contributed by atoms with Crippen molar-refractivity contribution in [3.05, 3.63) is 44.6 Å². The van der Waals surface area contributed by atoms with Crippen LogP contribution in [-0.4, -0.2) is 38.5 Å². The molecule has 0 spiro atoms. The number of hydrogen-bond donors (Lipinski definition) is 1. The lowest BCUT2D eigenvalue weighted by Crippen LogP contribution is -2.45. The highest BCUT2D eigenvalue weighted by Crippen LogP contribution is 2.49. The first-order chi connectivity index (χ1) is 14.2. The van der Waals surface area contributed by atoms with Gasteiger partial charge in [-0.3, -0.25) is 14.3 Å². The summed E-state index contributed by atoms with van der Waals surface area (Å²) < 4.78 is 36.1. The summed E-state index contributed by atoms with van der Waals surface area (Å²) in [5.74, 6) is 0.332. The summed E-state index contributed by atoms with van der Waals surface area (Å²) in [5.41, 5.74) is -3.44. The van der Waals surface area contributed by atoms with Gasteiger partial charge in [-0.05, 0) is 43.2 Å². The molecule has 1 aromatic rings. The third-order valence-corrected chi connectivity index (χ3v) is 15.9. The van der Waals surface area contributed by atoms with Crippen molar-refractivity contribution in [3.63, 3.8) is 0 Å². The van der Waals surface area contributed by atoms with Crippen molar-refractivity contribution in [2.75, 3.05) is 6.61 Å². The first-order valence-electron chi connectivity index (χ1n) is 10.9. The molecule has 182 valence electrons. The average molecular weight is 487 g/mol. The lowest BCUT2D eigenvalue weighted by molar-refractivity contribution is -0.0299. The van der Waals surface area contributed by atoms with Gasteiger partial charge in [0.15, 0.2) is 19.8 Å². The smallest absolute Gasteiger partial charge is 0.331 e. The normalized spacial score (nSPS) is 22.8. The molecule has 2 atom stereocenters. The molecule has 0 fully saturated rings. The van der Waals surface area contributed by atoms with Gasteiger partial charge in [0.2, 0.25) is 20.2 Å². The van der Waals surface area contributed by atoms with Crippen LogP contribution in [0.25, 0.3) is 0 Å². The van der Waals surface area contributed by atoms with Crippen molar-refractivity contribution in [2.45, 2.75) is 96.6 Å². The fourth-order valence-corrected chi connectivity index (χ4v) is 4.80. The van der Waals surface area contributed by atoms with Crippen molar-refractivity contribution >= 4 is 16.6 Å². The zero-order valence-electron chi connectivity index (χ0n) is 21.3. The van der Waals surface area contributed by atoms with E-state index in [0.29, 0.717) is 0 Å². The van der Waals surface area contributed by atoms with Crippen LogP contribution in [0, 0.1) is 0 Å². The zero-order valence-corrected chi connectivity index (χ0v) is 23.3. The Morgan fingerprint density at radius 2 is 1.62 bits per heavy atom. The number of hydrogen-bond acceptors (Lipinski definition) is 5. The summed E-state index contributed by atoms with van der Waals surface area (Å²) >= 11 is 0. The Balaban J connectivity index is 2.53. The predicted octanol–water partition coefficient (Wildman–Crippen LogP) is 5.05. The van der Waals surface area contributed by atoms with E-state index >= 15 is 4.39 Å². The Morgan fingerprint density at radius 1 is 1.09 bits per heavy atom. The molecule has 32 heavy (non-hydrogen) atoms. The van der Waals surface area contributed by atoms with Gasteiger partial charge in [-0.1, -0.05) is 41.5 Å². The maximum absolute atomic E-state index is 16.3. The first-order valence-corrected chi connectivity index (χ1v) is 16.8. The lowest BCUT2D eigenvalue weighted by atomic mass is 10.1. The van der Waals surface area contributed by atoms with Crippen molar-refractivity contribution in [2.24, 2.45) is 0 Å². The molecule has 0 aliphatic carbocycles. The van der Waals surface area contributed by atoms with E-state index in [-0.39, 0.29) is 28.2 Å². The molecule has 1 unspecified atom stereocenters. The second-order valence-corrected chi connectivity index (χ2v) is 21.3. The molecule has 1 aromatic heterocycles. The third kappa shape index (κ3) is 5.12. The van der Waals surface area contributed by atoms with Crippen molar-refractivity contribution in [3.8, 4) is 0 Å². The molecular formula is C22H39FN2O5Si2. The molecule has 0 amide bonds. The van der Waals surface area contributed by atoms with E-state index in [1.807, 2.05) is 13.1 Å². The summed E-state index contributed by atoms with van der Waals surface area (Å²) in [7, 11) is -4.59. The third-order valence-electron chi connectivity index (χ3n) is 7.05. The van der Waals surface area contributed by atoms with E-state index in [9.17, 15) is 9.59 Å². The lowest BCUT2D eigenvalue weighted by Gasteiger charge is -2.39. The number of aromatic amines is 1. The number of H-pyrrole nitrogens is 1. The first kappa shape index (κ1) is 26.6. The van der Waals surface area contributed by atoms with Crippen molar-refractivity contribution in [1.82, 2.24) is 9.55 Å². The fraction of sp³-hybridized carbons (Fsp3) is 0.727. The van der Waals surface area contributed by atoms with Gasteiger partial charge in [0, 0.05) is 12.3 Å². The van der Waals surface area contributed by atoms with Gasteiger partial charge in [0.25, 0.3) is 5.56 Å². The van der Waals surface area contributed by atoms with Gasteiger partial charge < -0.3 is 13.6 Å². The van der Waals surface area contributed by atoms with Crippen LogP contribution in [-0.2, 0) is 13.6 Å². The summed E-state index contributed by atoms with van der Waals surface area (Å²) in [6, 6.07) is 1.17. The maximum Gasteiger partial charge on any atom is 0.331 e. The van der Waals surface area contributed by atoms with Crippen LogP contribution in [0.1, 0.15) is 54.7 Å². The summed E-state index contributed by atoms with van der Waals surface area (Å²) in [6.07, 6.45) is -0.0738. The highest BCUT2D eigenvalue weighted by molar-refractivity contribution is 6.74. The van der Waals surface area contributed by atoms with Crippen LogP contribution in [0.2, 0.25) is 36.3 Å². The molecule has 2 rings (SSSR count). The quantitative estimate of drug-likeness (QED) is 0.569. The predicted molar refractivity (Wildman–Crippen MR) is 129 cm³/mol. The van der Waals surface area contributed by atoms with Crippen molar-refractivity contribution in [1.29, 1.82) is 0 Å². The number of aromatic nitrogens is 2. The van der Waals surface area contributed by atoms with Crippen LogP contribution in [0.3, 0.4) is 0 Å². The van der Waals surface area contributed by atoms with E-state index in [1.54, 1.807) is 0 Å². The number of nitrogens with zero attached hydrogens (tertiary/aromatic N) is 1. The number of nitrogens with one attached hydrogen (secondary N) is 1. The number of alkyl halides is 1. The second kappa shape index (κ2) is 8.28. The molecule has 0 bridgehead atoms. The van der Waals surface area contributed by atoms with Crippen molar-refractivity contribution < 1.29 is 18.0 Å². The molecule has 0 radical (unpaired) electrons. The molecule has 2 heterocycles. The van der Waals surface area contributed by atoms with Crippen LogP contribution in [0.15, 0.2) is 33.4 Å². The second-order valence-electron chi connectivity index (χ2n) is 11.7. The monoisotopic (exact) mass is 486 g/mol. The van der Waals surface area contributed by atoms with Gasteiger partial charge in [0.1, 0.15) is 0 Å². The van der Waals surface area contributed by atoms with E-state index < -0.39 is 39.8 Å². The topological polar surface area (TPSA) is 82.6 Å². The fourth-order valence-electron chi connectivity index (χ4n) is 2.74. The molecule has 1 N–H and O–H groups in total. The average Bonchev–Trinajstić information content (AvgIpc) is 2.82. The Kier molecular flexibility index (Phi) is 6.89. The minimum Gasteiger partial charge on any atom is -0.542 e. The Bertz CT molecular complexity index is 997. The maximum atomic E-state index is 16.3. The molecule has 1 aliphatic heterocycles. The minimum atomic E-state index is -2.43. The van der Waals surface area contributed by atoms with Gasteiger partial charge in [-0.15, -0.1) is 0 Å². The Hall–Kier alpha value is -1.66. The van der Waals surface area contributed by atoms with Gasteiger partial charge in [-0.2, -0.15) is 0 Å². The summed E-state index contributed by atoms with van der Waals surface area (Å²) in [4.78, 5) is 26.1. The highest BCUT2D eigenvalue weighted by Gasteiger charge is 2.54. The molecule has 0 saturated carbocycles. The molecule has 0 aromatic carbocycles. The summed E-state index contributed by atoms with van der Waals surface area (Å²) in [6.45, 7) is 22.2. The summed E-state index contributed by atoms with van der Waals surface area (Å²) in [5, 5.41) is -0.213. The van der Waals surface area contributed by atoms with E-state index in [1.165, 1.54) is 19.2 Å². The Morgan fingerprint density at radius 3 is 2.09 bits per heavy atom. The van der Waals surface area contributed by atoms with E-state index in [2.05, 4.69) is 59.6 Å². The molecule has 7 nitrogen and oxygen atoms in total. The molecule has 10 heteroatoms. The minimum absolute atomic E-state index is 0.0408. The number of ether oxygens (including phenoxy) is 1. The van der Waals surface area contributed by atoms with Crippen LogP contribution >= 0.6 is 0 Å². The standard InChI is InChI=1S/C22H39FN2O5Si2/c1-20(2,3)31(8,9)28-14-15-17(30-32(10,11)21(4,5)6)22(7,23)18(29-15)25-13-12-16(26)24-19(25)27/h12-13,18H,14H2,1-11H3,(H,24,26,27)/t18-,22?/m1/s1. The van der Waals surface area contributed by atoms with E-state index in [0.717, 1.165) is 4.57 Å². The molecular weight excluding hydrogens is 447 g/mol. The van der Waals surface area contributed by atoms with Crippen LogP contribution < -0.4 is 11.2 Å². The molecule has 0 saturated heterocycles. The molecule has 1 aliphatic rings. The number of rotatable bonds is 6. The van der Waals surface area contributed by atoms with E-state index in [4.69, 9.17) is 13.6 Å². The number of halogens is 1. The SMILES string of the molecule is CC1(F)C(O[Si](C)(C)C(C)(C)C)=C(CO[Si](C)(C)C(C)(C)C)O[C@H]1n1ccc(=O)[nH]c1=O. The highest BCUT2D eigenvalue weighted by atomic mass is 28.4. The zero-order chi connectivity index (χ0) is 24.9.